The Bertz CT molecular complexity index is 677. The van der Waals surface area contributed by atoms with Crippen LogP contribution in [0, 0.1) is 0 Å². The lowest BCUT2D eigenvalue weighted by Gasteiger charge is -2.26. The van der Waals surface area contributed by atoms with E-state index >= 15 is 0 Å². The van der Waals surface area contributed by atoms with Crippen molar-refractivity contribution in [2.45, 2.75) is 64.6 Å². The summed E-state index contributed by atoms with van der Waals surface area (Å²) in [5, 5.41) is 8.76. The summed E-state index contributed by atoms with van der Waals surface area (Å²) in [6.45, 7) is 9.95. The molecule has 0 spiro atoms. The number of hydrogen-bond acceptors (Lipinski definition) is 5. The molecule has 0 radical (unpaired) electrons. The van der Waals surface area contributed by atoms with Crippen LogP contribution in [0.2, 0.25) is 0 Å². The molecule has 0 unspecified atom stereocenters. The van der Waals surface area contributed by atoms with Gasteiger partial charge in [-0.1, -0.05) is 20.8 Å². The van der Waals surface area contributed by atoms with E-state index in [0.717, 1.165) is 43.7 Å². The molecule has 22 heavy (non-hydrogen) atoms. The predicted octanol–water partition coefficient (Wildman–Crippen LogP) is 2.46. The highest BCUT2D eigenvalue weighted by Gasteiger charge is 2.32. The van der Waals surface area contributed by atoms with Crippen molar-refractivity contribution in [3.8, 4) is 0 Å². The Morgan fingerprint density at radius 3 is 2.73 bits per heavy atom. The highest BCUT2D eigenvalue weighted by Crippen LogP contribution is 2.39. The zero-order chi connectivity index (χ0) is 15.3. The lowest BCUT2D eigenvalue weighted by atomic mass is 9.94. The van der Waals surface area contributed by atoms with Crippen molar-refractivity contribution >= 4 is 0 Å². The Hall–Kier alpha value is -1.69. The molecule has 1 aliphatic heterocycles. The summed E-state index contributed by atoms with van der Waals surface area (Å²) in [6.07, 6.45) is 4.40. The number of hydrogen-bond donors (Lipinski definition) is 0. The predicted molar refractivity (Wildman–Crippen MR) is 81.3 cm³/mol. The molecule has 118 valence electrons. The molecule has 6 nitrogen and oxygen atoms in total. The Morgan fingerprint density at radius 1 is 1.23 bits per heavy atom. The van der Waals surface area contributed by atoms with E-state index in [-0.39, 0.29) is 5.41 Å². The van der Waals surface area contributed by atoms with E-state index in [0.29, 0.717) is 5.92 Å². The first-order chi connectivity index (χ1) is 10.5. The molecule has 0 bridgehead atoms. The lowest BCUT2D eigenvalue weighted by molar-refractivity contribution is 0.185. The van der Waals surface area contributed by atoms with Gasteiger partial charge in [-0.15, -0.1) is 10.2 Å². The van der Waals surface area contributed by atoms with Crippen LogP contribution in [0.3, 0.4) is 0 Å². The molecule has 2 aromatic heterocycles. The molecule has 6 heteroatoms. The zero-order valence-electron chi connectivity index (χ0n) is 13.5. The Balaban J connectivity index is 1.45. The molecule has 2 aromatic rings. The summed E-state index contributed by atoms with van der Waals surface area (Å²) >= 11 is 0. The van der Waals surface area contributed by atoms with Gasteiger partial charge in [0.05, 0.1) is 19.3 Å². The van der Waals surface area contributed by atoms with Crippen LogP contribution in [-0.4, -0.2) is 31.2 Å². The van der Waals surface area contributed by atoms with E-state index in [9.17, 15) is 0 Å². The normalized spacial score (nSPS) is 19.4. The molecule has 1 fully saturated rings. The van der Waals surface area contributed by atoms with Crippen molar-refractivity contribution in [1.29, 1.82) is 0 Å². The molecule has 2 aliphatic rings. The average molecular weight is 301 g/mol. The minimum absolute atomic E-state index is 0.00644. The minimum atomic E-state index is 0.00644. The fraction of sp³-hybridized carbons (Fsp3) is 0.688. The first-order valence-corrected chi connectivity index (χ1v) is 8.10. The van der Waals surface area contributed by atoms with Gasteiger partial charge in [0, 0.05) is 24.4 Å². The largest absolute Gasteiger partial charge is 0.444 e. The topological polar surface area (TPSA) is 60.0 Å². The quantitative estimate of drug-likeness (QED) is 0.871. The van der Waals surface area contributed by atoms with Crippen LogP contribution in [0.25, 0.3) is 0 Å². The third-order valence-electron chi connectivity index (χ3n) is 4.45. The van der Waals surface area contributed by atoms with Crippen molar-refractivity contribution in [3.05, 3.63) is 29.5 Å². The minimum Gasteiger partial charge on any atom is -0.444 e. The van der Waals surface area contributed by atoms with Gasteiger partial charge in [0.25, 0.3) is 0 Å². The van der Waals surface area contributed by atoms with Crippen molar-refractivity contribution < 1.29 is 4.42 Å². The van der Waals surface area contributed by atoms with Gasteiger partial charge in [-0.2, -0.15) is 0 Å². The smallest absolute Gasteiger partial charge is 0.208 e. The molecule has 4 rings (SSSR count). The van der Waals surface area contributed by atoms with Crippen LogP contribution in [0.5, 0.6) is 0 Å². The average Bonchev–Trinajstić information content (AvgIpc) is 3.04. The second-order valence-electron chi connectivity index (χ2n) is 7.48. The van der Waals surface area contributed by atoms with Crippen molar-refractivity contribution in [2.24, 2.45) is 0 Å². The number of fused-ring (bicyclic) bond motifs is 1. The first kappa shape index (κ1) is 13.9. The maximum atomic E-state index is 5.90. The van der Waals surface area contributed by atoms with Gasteiger partial charge in [0.15, 0.2) is 0 Å². The van der Waals surface area contributed by atoms with Gasteiger partial charge in [0.2, 0.25) is 5.89 Å². The molecule has 1 saturated carbocycles. The van der Waals surface area contributed by atoms with Crippen molar-refractivity contribution in [1.82, 2.24) is 24.6 Å². The van der Waals surface area contributed by atoms with Crippen LogP contribution >= 0.6 is 0 Å². The molecule has 0 aromatic carbocycles. The summed E-state index contributed by atoms with van der Waals surface area (Å²) < 4.78 is 8.21. The molecular formula is C16H23N5O. The standard InChI is InChI=1S/C16H23N5O/c1-16(2,3)12-8-17-14(22-12)10-20-6-7-21-13(9-20)18-19-15(21)11-4-5-11/h8,11H,4-7,9-10H2,1-3H3. The summed E-state index contributed by atoms with van der Waals surface area (Å²) in [4.78, 5) is 6.76. The zero-order valence-corrected chi connectivity index (χ0v) is 13.5. The van der Waals surface area contributed by atoms with E-state index < -0.39 is 0 Å². The van der Waals surface area contributed by atoms with E-state index in [4.69, 9.17) is 4.42 Å². The summed E-state index contributed by atoms with van der Waals surface area (Å²) in [5.41, 5.74) is 0.00644. The van der Waals surface area contributed by atoms with E-state index in [1.807, 2.05) is 6.20 Å². The fourth-order valence-corrected chi connectivity index (χ4v) is 2.93. The highest BCUT2D eigenvalue weighted by atomic mass is 16.4. The summed E-state index contributed by atoms with van der Waals surface area (Å²) in [5.74, 6) is 4.67. The Labute approximate surface area is 130 Å². The van der Waals surface area contributed by atoms with Gasteiger partial charge in [0.1, 0.15) is 17.4 Å². The van der Waals surface area contributed by atoms with E-state index in [1.54, 1.807) is 0 Å². The van der Waals surface area contributed by atoms with E-state index in [2.05, 4.69) is 45.4 Å². The Kier molecular flexibility index (Phi) is 3.11. The van der Waals surface area contributed by atoms with Gasteiger partial charge in [-0.05, 0) is 12.8 Å². The van der Waals surface area contributed by atoms with E-state index in [1.165, 1.54) is 18.7 Å². The van der Waals surface area contributed by atoms with Gasteiger partial charge >= 0.3 is 0 Å². The molecule has 0 saturated heterocycles. The second kappa shape index (κ2) is 4.91. The number of aromatic nitrogens is 4. The number of nitrogens with zero attached hydrogens (tertiary/aromatic N) is 5. The Morgan fingerprint density at radius 2 is 2.05 bits per heavy atom. The van der Waals surface area contributed by atoms with Crippen LogP contribution < -0.4 is 0 Å². The molecular weight excluding hydrogens is 278 g/mol. The van der Waals surface area contributed by atoms with Gasteiger partial charge in [-0.25, -0.2) is 4.98 Å². The second-order valence-corrected chi connectivity index (χ2v) is 7.48. The third-order valence-corrected chi connectivity index (χ3v) is 4.45. The first-order valence-electron chi connectivity index (χ1n) is 8.10. The molecule has 0 amide bonds. The number of oxazole rings is 1. The van der Waals surface area contributed by atoms with Gasteiger partial charge < -0.3 is 8.98 Å². The van der Waals surface area contributed by atoms with Crippen LogP contribution in [0.1, 0.15) is 62.8 Å². The molecule has 3 heterocycles. The molecule has 0 N–H and O–H groups in total. The van der Waals surface area contributed by atoms with Crippen LogP contribution in [0.4, 0.5) is 0 Å². The third kappa shape index (κ3) is 2.56. The van der Waals surface area contributed by atoms with Gasteiger partial charge in [-0.3, -0.25) is 4.90 Å². The monoisotopic (exact) mass is 301 g/mol. The highest BCUT2D eigenvalue weighted by molar-refractivity contribution is 5.10. The SMILES string of the molecule is CC(C)(C)c1cnc(CN2CCn3c(nnc3C3CC3)C2)o1. The molecule has 0 atom stereocenters. The maximum Gasteiger partial charge on any atom is 0.208 e. The summed E-state index contributed by atoms with van der Waals surface area (Å²) in [7, 11) is 0. The van der Waals surface area contributed by atoms with Crippen LogP contribution in [0.15, 0.2) is 10.6 Å². The van der Waals surface area contributed by atoms with Crippen molar-refractivity contribution in [2.75, 3.05) is 6.54 Å². The van der Waals surface area contributed by atoms with Crippen molar-refractivity contribution in [3.63, 3.8) is 0 Å². The lowest BCUT2D eigenvalue weighted by Crippen LogP contribution is -2.34. The summed E-state index contributed by atoms with van der Waals surface area (Å²) in [6, 6.07) is 0. The maximum absolute atomic E-state index is 5.90. The number of rotatable bonds is 3. The molecule has 1 aliphatic carbocycles. The fourth-order valence-electron chi connectivity index (χ4n) is 2.93. The van der Waals surface area contributed by atoms with Crippen LogP contribution in [-0.2, 0) is 25.0 Å².